The molecule has 0 bridgehead atoms. The van der Waals surface area contributed by atoms with E-state index in [4.69, 9.17) is 9.90 Å². The SMILES string of the molecule is CC(C)CCc1cccc(N(C)C)c1.O=CO. The van der Waals surface area contributed by atoms with Gasteiger partial charge in [-0.05, 0) is 36.5 Å². The second kappa shape index (κ2) is 8.62. The molecule has 1 aromatic rings. The van der Waals surface area contributed by atoms with Gasteiger partial charge in [0.15, 0.2) is 0 Å². The lowest BCUT2D eigenvalue weighted by atomic mass is 10.0. The zero-order valence-corrected chi connectivity index (χ0v) is 11.2. The Morgan fingerprint density at radius 1 is 1.35 bits per heavy atom. The van der Waals surface area contributed by atoms with Gasteiger partial charge in [0.25, 0.3) is 6.47 Å². The summed E-state index contributed by atoms with van der Waals surface area (Å²) in [5, 5.41) is 6.89. The Hall–Kier alpha value is -1.51. The van der Waals surface area contributed by atoms with E-state index in [9.17, 15) is 0 Å². The number of benzene rings is 1. The molecule has 3 nitrogen and oxygen atoms in total. The second-order valence-electron chi connectivity index (χ2n) is 4.60. The van der Waals surface area contributed by atoms with Gasteiger partial charge in [0, 0.05) is 19.8 Å². The second-order valence-corrected chi connectivity index (χ2v) is 4.60. The Morgan fingerprint density at radius 3 is 2.41 bits per heavy atom. The smallest absolute Gasteiger partial charge is 0.290 e. The van der Waals surface area contributed by atoms with E-state index in [0.717, 1.165) is 5.92 Å². The van der Waals surface area contributed by atoms with E-state index in [1.165, 1.54) is 24.1 Å². The van der Waals surface area contributed by atoms with Gasteiger partial charge in [-0.1, -0.05) is 26.0 Å². The van der Waals surface area contributed by atoms with Crippen molar-refractivity contribution in [1.82, 2.24) is 0 Å². The maximum atomic E-state index is 8.36. The van der Waals surface area contributed by atoms with Crippen molar-refractivity contribution in [3.8, 4) is 0 Å². The zero-order valence-electron chi connectivity index (χ0n) is 11.2. The topological polar surface area (TPSA) is 40.5 Å². The van der Waals surface area contributed by atoms with Crippen molar-refractivity contribution in [3.05, 3.63) is 29.8 Å². The fourth-order valence-corrected chi connectivity index (χ4v) is 1.45. The first-order valence-electron chi connectivity index (χ1n) is 5.85. The summed E-state index contributed by atoms with van der Waals surface area (Å²) in [4.78, 5) is 10.5. The van der Waals surface area contributed by atoms with Crippen molar-refractivity contribution < 1.29 is 9.90 Å². The molecular formula is C14H23NO2. The number of anilines is 1. The molecular weight excluding hydrogens is 214 g/mol. The van der Waals surface area contributed by atoms with Gasteiger partial charge in [-0.25, -0.2) is 0 Å². The summed E-state index contributed by atoms with van der Waals surface area (Å²) in [6.07, 6.45) is 2.47. The maximum Gasteiger partial charge on any atom is 0.290 e. The first-order chi connectivity index (χ1) is 8.01. The summed E-state index contributed by atoms with van der Waals surface area (Å²) >= 11 is 0. The highest BCUT2D eigenvalue weighted by Crippen LogP contribution is 2.16. The third kappa shape index (κ3) is 7.39. The Labute approximate surface area is 104 Å². The predicted molar refractivity (Wildman–Crippen MR) is 72.6 cm³/mol. The van der Waals surface area contributed by atoms with E-state index in [1.54, 1.807) is 0 Å². The molecule has 0 saturated carbocycles. The molecule has 0 aromatic heterocycles. The molecule has 0 amide bonds. The molecule has 17 heavy (non-hydrogen) atoms. The molecule has 0 unspecified atom stereocenters. The molecule has 1 aromatic carbocycles. The van der Waals surface area contributed by atoms with E-state index in [2.05, 4.69) is 57.1 Å². The van der Waals surface area contributed by atoms with Crippen LogP contribution >= 0.6 is 0 Å². The standard InChI is InChI=1S/C13H21N.CH2O2/c1-11(2)8-9-12-6-5-7-13(10-12)14(3)4;2-1-3/h5-7,10-11H,8-9H2,1-4H3;1H,(H,2,3). The van der Waals surface area contributed by atoms with E-state index < -0.39 is 0 Å². The van der Waals surface area contributed by atoms with Crippen molar-refractivity contribution in [3.63, 3.8) is 0 Å². The van der Waals surface area contributed by atoms with Crippen LogP contribution in [-0.4, -0.2) is 25.7 Å². The zero-order chi connectivity index (χ0) is 13.3. The average molecular weight is 237 g/mol. The average Bonchev–Trinajstić information content (AvgIpc) is 2.28. The Morgan fingerprint density at radius 2 is 1.94 bits per heavy atom. The van der Waals surface area contributed by atoms with E-state index in [-0.39, 0.29) is 6.47 Å². The van der Waals surface area contributed by atoms with Gasteiger partial charge in [0.05, 0.1) is 0 Å². The largest absolute Gasteiger partial charge is 0.483 e. The molecule has 0 spiro atoms. The van der Waals surface area contributed by atoms with Gasteiger partial charge in [0.1, 0.15) is 0 Å². The van der Waals surface area contributed by atoms with Gasteiger partial charge in [-0.2, -0.15) is 0 Å². The van der Waals surface area contributed by atoms with Crippen LogP contribution in [0.2, 0.25) is 0 Å². The number of rotatable bonds is 4. The number of nitrogens with zero attached hydrogens (tertiary/aromatic N) is 1. The summed E-state index contributed by atoms with van der Waals surface area (Å²) in [7, 11) is 4.17. The summed E-state index contributed by atoms with van der Waals surface area (Å²) < 4.78 is 0. The lowest BCUT2D eigenvalue weighted by Gasteiger charge is -2.13. The molecule has 0 saturated heterocycles. The molecule has 96 valence electrons. The molecule has 0 radical (unpaired) electrons. The molecule has 0 heterocycles. The van der Waals surface area contributed by atoms with E-state index in [1.807, 2.05) is 0 Å². The molecule has 0 aliphatic carbocycles. The van der Waals surface area contributed by atoms with Gasteiger partial charge in [-0.15, -0.1) is 0 Å². The summed E-state index contributed by atoms with van der Waals surface area (Å²) in [6.45, 7) is 4.30. The van der Waals surface area contributed by atoms with Crippen LogP contribution in [0.25, 0.3) is 0 Å². The lowest BCUT2D eigenvalue weighted by Crippen LogP contribution is -2.08. The third-order valence-electron chi connectivity index (χ3n) is 2.44. The first kappa shape index (κ1) is 15.5. The number of carbonyl (C=O) groups is 1. The molecule has 0 fully saturated rings. The van der Waals surface area contributed by atoms with Crippen LogP contribution in [0.3, 0.4) is 0 Å². The Bertz CT molecular complexity index is 322. The number of hydrogen-bond acceptors (Lipinski definition) is 2. The van der Waals surface area contributed by atoms with E-state index >= 15 is 0 Å². The number of aryl methyl sites for hydroxylation is 1. The molecule has 0 aliphatic rings. The van der Waals surface area contributed by atoms with E-state index in [0.29, 0.717) is 0 Å². The van der Waals surface area contributed by atoms with Crippen LogP contribution in [0.15, 0.2) is 24.3 Å². The van der Waals surface area contributed by atoms with Crippen molar-refractivity contribution in [2.75, 3.05) is 19.0 Å². The molecule has 3 heteroatoms. The maximum absolute atomic E-state index is 8.36. The Balaban J connectivity index is 0.000000770. The monoisotopic (exact) mass is 237 g/mol. The minimum Gasteiger partial charge on any atom is -0.483 e. The highest BCUT2D eigenvalue weighted by atomic mass is 16.3. The summed E-state index contributed by atoms with van der Waals surface area (Å²) in [6, 6.07) is 8.79. The van der Waals surface area contributed by atoms with Crippen molar-refractivity contribution >= 4 is 12.2 Å². The van der Waals surface area contributed by atoms with Crippen LogP contribution < -0.4 is 4.90 Å². The fourth-order valence-electron chi connectivity index (χ4n) is 1.45. The van der Waals surface area contributed by atoms with Crippen LogP contribution in [-0.2, 0) is 11.2 Å². The lowest BCUT2D eigenvalue weighted by molar-refractivity contribution is -0.122. The molecule has 0 atom stereocenters. The van der Waals surface area contributed by atoms with Crippen LogP contribution in [0.1, 0.15) is 25.8 Å². The normalized spacial score (nSPS) is 9.47. The van der Waals surface area contributed by atoms with Gasteiger partial charge in [-0.3, -0.25) is 4.79 Å². The predicted octanol–water partition coefficient (Wildman–Crippen LogP) is 3.04. The van der Waals surface area contributed by atoms with Crippen molar-refractivity contribution in [2.45, 2.75) is 26.7 Å². The summed E-state index contributed by atoms with van der Waals surface area (Å²) in [5.41, 5.74) is 2.75. The highest BCUT2D eigenvalue weighted by molar-refractivity contribution is 5.47. The van der Waals surface area contributed by atoms with Gasteiger partial charge >= 0.3 is 0 Å². The molecule has 1 rings (SSSR count). The van der Waals surface area contributed by atoms with Crippen LogP contribution in [0, 0.1) is 5.92 Å². The van der Waals surface area contributed by atoms with Crippen molar-refractivity contribution in [2.24, 2.45) is 5.92 Å². The fraction of sp³-hybridized carbons (Fsp3) is 0.500. The van der Waals surface area contributed by atoms with Crippen LogP contribution in [0.4, 0.5) is 5.69 Å². The molecule has 0 aliphatic heterocycles. The van der Waals surface area contributed by atoms with Crippen LogP contribution in [0.5, 0.6) is 0 Å². The van der Waals surface area contributed by atoms with Gasteiger partial charge < -0.3 is 10.0 Å². The quantitative estimate of drug-likeness (QED) is 0.818. The van der Waals surface area contributed by atoms with Gasteiger partial charge in [0.2, 0.25) is 0 Å². The minimum absolute atomic E-state index is 0.250. The highest BCUT2D eigenvalue weighted by Gasteiger charge is 1.99. The molecule has 1 N–H and O–H groups in total. The minimum atomic E-state index is -0.250. The number of carboxylic acid groups (broad SMARTS) is 1. The summed E-state index contributed by atoms with van der Waals surface area (Å²) in [5.74, 6) is 0.790. The number of hydrogen-bond donors (Lipinski definition) is 1. The first-order valence-corrected chi connectivity index (χ1v) is 5.85. The van der Waals surface area contributed by atoms with Crippen molar-refractivity contribution in [1.29, 1.82) is 0 Å². The Kier molecular flexibility index (Phi) is 7.85. The third-order valence-corrected chi connectivity index (χ3v) is 2.44.